The number of nitrogens with one attached hydrogen (secondary N) is 1. The summed E-state index contributed by atoms with van der Waals surface area (Å²) < 4.78 is 5.41. The maximum atomic E-state index is 5.41. The lowest BCUT2D eigenvalue weighted by molar-refractivity contribution is 0.324. The molecule has 0 amide bonds. The summed E-state index contributed by atoms with van der Waals surface area (Å²) in [5.41, 5.74) is 1.33. The van der Waals surface area contributed by atoms with E-state index >= 15 is 0 Å². The standard InChI is InChI=1S/C15H16N2O/c1-16-15-17-14(10-18-15)9-11-6-7-12-4-2-3-5-13(12)8-11/h2-8,14H,9-10H2,1H3,(H,16,17)/t14-/m1/s1. The molecule has 1 aliphatic rings. The van der Waals surface area contributed by atoms with Gasteiger partial charge in [0, 0.05) is 7.05 Å². The SMILES string of the molecule is CN=C1N[C@H](Cc2ccc3ccccc3c2)CO1. The lowest BCUT2D eigenvalue weighted by Crippen LogP contribution is -2.28. The van der Waals surface area contributed by atoms with Crippen molar-refractivity contribution in [2.24, 2.45) is 4.99 Å². The molecule has 1 saturated heterocycles. The summed E-state index contributed by atoms with van der Waals surface area (Å²) in [4.78, 5) is 4.01. The Hall–Kier alpha value is -2.03. The normalized spacial score (nSPS) is 20.9. The largest absolute Gasteiger partial charge is 0.463 e. The van der Waals surface area contributed by atoms with Gasteiger partial charge in [-0.05, 0) is 22.8 Å². The van der Waals surface area contributed by atoms with Crippen LogP contribution in [0.25, 0.3) is 10.8 Å². The monoisotopic (exact) mass is 240 g/mol. The van der Waals surface area contributed by atoms with Gasteiger partial charge in [-0.1, -0.05) is 42.5 Å². The number of benzene rings is 2. The van der Waals surface area contributed by atoms with E-state index < -0.39 is 0 Å². The topological polar surface area (TPSA) is 33.6 Å². The first kappa shape index (κ1) is 11.1. The van der Waals surface area contributed by atoms with Crippen LogP contribution in [0.4, 0.5) is 0 Å². The number of amidine groups is 1. The highest BCUT2D eigenvalue weighted by molar-refractivity contribution is 5.83. The number of ether oxygens (including phenoxy) is 1. The number of hydrogen-bond acceptors (Lipinski definition) is 2. The van der Waals surface area contributed by atoms with Crippen LogP contribution < -0.4 is 5.32 Å². The highest BCUT2D eigenvalue weighted by atomic mass is 16.5. The van der Waals surface area contributed by atoms with Gasteiger partial charge in [0.25, 0.3) is 6.02 Å². The number of aliphatic imine (C=N–C) groups is 1. The van der Waals surface area contributed by atoms with E-state index in [1.807, 2.05) is 0 Å². The molecule has 0 radical (unpaired) electrons. The summed E-state index contributed by atoms with van der Waals surface area (Å²) >= 11 is 0. The Balaban J connectivity index is 1.79. The van der Waals surface area contributed by atoms with Crippen molar-refractivity contribution in [3.05, 3.63) is 48.0 Å². The third-order valence-electron chi connectivity index (χ3n) is 3.25. The molecule has 1 fully saturated rings. The number of nitrogens with zero attached hydrogens (tertiary/aromatic N) is 1. The zero-order valence-corrected chi connectivity index (χ0v) is 10.4. The van der Waals surface area contributed by atoms with Crippen LogP contribution in [-0.2, 0) is 11.2 Å². The Bertz CT molecular complexity index is 592. The lowest BCUT2D eigenvalue weighted by Gasteiger charge is -2.08. The predicted molar refractivity (Wildman–Crippen MR) is 73.9 cm³/mol. The van der Waals surface area contributed by atoms with Gasteiger partial charge in [0.2, 0.25) is 0 Å². The van der Waals surface area contributed by atoms with E-state index in [1.54, 1.807) is 7.05 Å². The summed E-state index contributed by atoms with van der Waals surface area (Å²) in [6.45, 7) is 0.694. The van der Waals surface area contributed by atoms with Gasteiger partial charge in [0.15, 0.2) is 0 Å². The first-order valence-electron chi connectivity index (χ1n) is 6.19. The van der Waals surface area contributed by atoms with Gasteiger partial charge >= 0.3 is 0 Å². The average Bonchev–Trinajstić information content (AvgIpc) is 2.86. The minimum Gasteiger partial charge on any atom is -0.463 e. The molecule has 1 N–H and O–H groups in total. The number of hydrogen-bond donors (Lipinski definition) is 1. The molecule has 0 unspecified atom stereocenters. The van der Waals surface area contributed by atoms with Crippen molar-refractivity contribution in [1.29, 1.82) is 0 Å². The van der Waals surface area contributed by atoms with Crippen molar-refractivity contribution >= 4 is 16.8 Å². The second kappa shape index (κ2) is 4.69. The first-order chi connectivity index (χ1) is 8.85. The molecule has 0 aliphatic carbocycles. The summed E-state index contributed by atoms with van der Waals surface area (Å²) in [7, 11) is 1.74. The van der Waals surface area contributed by atoms with Crippen LogP contribution >= 0.6 is 0 Å². The van der Waals surface area contributed by atoms with Crippen molar-refractivity contribution in [2.45, 2.75) is 12.5 Å². The maximum Gasteiger partial charge on any atom is 0.284 e. The summed E-state index contributed by atoms with van der Waals surface area (Å²) in [5, 5.41) is 5.84. The Morgan fingerprint density at radius 2 is 2.06 bits per heavy atom. The van der Waals surface area contributed by atoms with E-state index in [-0.39, 0.29) is 0 Å². The molecule has 0 spiro atoms. The van der Waals surface area contributed by atoms with E-state index in [1.165, 1.54) is 16.3 Å². The molecule has 18 heavy (non-hydrogen) atoms. The fourth-order valence-corrected chi connectivity index (χ4v) is 2.33. The Labute approximate surface area is 106 Å². The third-order valence-corrected chi connectivity index (χ3v) is 3.25. The van der Waals surface area contributed by atoms with Gasteiger partial charge in [0.1, 0.15) is 6.61 Å². The fraction of sp³-hybridized carbons (Fsp3) is 0.267. The minimum absolute atomic E-state index is 0.324. The quantitative estimate of drug-likeness (QED) is 0.874. The van der Waals surface area contributed by atoms with E-state index in [9.17, 15) is 0 Å². The lowest BCUT2D eigenvalue weighted by atomic mass is 10.0. The summed E-state index contributed by atoms with van der Waals surface area (Å²) in [5.74, 6) is 0. The molecular weight excluding hydrogens is 224 g/mol. The van der Waals surface area contributed by atoms with Gasteiger partial charge < -0.3 is 10.1 Å². The highest BCUT2D eigenvalue weighted by Gasteiger charge is 2.20. The van der Waals surface area contributed by atoms with Crippen LogP contribution in [0.1, 0.15) is 5.56 Å². The van der Waals surface area contributed by atoms with E-state index in [4.69, 9.17) is 4.74 Å². The highest BCUT2D eigenvalue weighted by Crippen LogP contribution is 2.17. The Morgan fingerprint density at radius 3 is 2.83 bits per heavy atom. The predicted octanol–water partition coefficient (Wildman–Crippen LogP) is 2.36. The molecule has 2 aromatic carbocycles. The van der Waals surface area contributed by atoms with Gasteiger partial charge in [-0.25, -0.2) is 4.99 Å². The van der Waals surface area contributed by atoms with Gasteiger partial charge in [-0.15, -0.1) is 0 Å². The van der Waals surface area contributed by atoms with Crippen LogP contribution in [0.3, 0.4) is 0 Å². The number of fused-ring (bicyclic) bond motifs is 1. The van der Waals surface area contributed by atoms with Crippen molar-refractivity contribution < 1.29 is 4.74 Å². The molecule has 92 valence electrons. The molecule has 1 aliphatic heterocycles. The van der Waals surface area contributed by atoms with Crippen LogP contribution in [0.5, 0.6) is 0 Å². The first-order valence-corrected chi connectivity index (χ1v) is 6.19. The smallest absolute Gasteiger partial charge is 0.284 e. The van der Waals surface area contributed by atoms with Crippen molar-refractivity contribution in [1.82, 2.24) is 5.32 Å². The molecule has 0 saturated carbocycles. The zero-order chi connectivity index (χ0) is 12.4. The summed E-state index contributed by atoms with van der Waals surface area (Å²) in [6, 6.07) is 16.0. The van der Waals surface area contributed by atoms with E-state index in [0.29, 0.717) is 18.7 Å². The van der Waals surface area contributed by atoms with Crippen molar-refractivity contribution in [3.63, 3.8) is 0 Å². The molecule has 1 heterocycles. The molecule has 1 atom stereocenters. The molecule has 2 aromatic rings. The van der Waals surface area contributed by atoms with Crippen LogP contribution in [0.2, 0.25) is 0 Å². The van der Waals surface area contributed by atoms with Gasteiger partial charge in [-0.3, -0.25) is 0 Å². The summed E-state index contributed by atoms with van der Waals surface area (Å²) in [6.07, 6.45) is 0.962. The molecule has 0 bridgehead atoms. The number of rotatable bonds is 2. The second-order valence-electron chi connectivity index (χ2n) is 4.57. The van der Waals surface area contributed by atoms with Crippen molar-refractivity contribution in [2.75, 3.05) is 13.7 Å². The zero-order valence-electron chi connectivity index (χ0n) is 10.4. The molecule has 3 rings (SSSR count). The molecule has 3 heteroatoms. The van der Waals surface area contributed by atoms with Crippen LogP contribution in [0, 0.1) is 0 Å². The Kier molecular flexibility index (Phi) is 2.89. The molecular formula is C15H16N2O. The van der Waals surface area contributed by atoms with Crippen LogP contribution in [-0.4, -0.2) is 25.7 Å². The Morgan fingerprint density at radius 1 is 1.22 bits per heavy atom. The molecule has 3 nitrogen and oxygen atoms in total. The van der Waals surface area contributed by atoms with Crippen LogP contribution in [0.15, 0.2) is 47.5 Å². The van der Waals surface area contributed by atoms with Gasteiger partial charge in [0.05, 0.1) is 6.04 Å². The molecule has 0 aromatic heterocycles. The van der Waals surface area contributed by atoms with Gasteiger partial charge in [-0.2, -0.15) is 0 Å². The minimum atomic E-state index is 0.324. The fourth-order valence-electron chi connectivity index (χ4n) is 2.33. The van der Waals surface area contributed by atoms with E-state index in [2.05, 4.69) is 52.8 Å². The average molecular weight is 240 g/mol. The van der Waals surface area contributed by atoms with E-state index in [0.717, 1.165) is 6.42 Å². The second-order valence-corrected chi connectivity index (χ2v) is 4.57. The van der Waals surface area contributed by atoms with Crippen molar-refractivity contribution in [3.8, 4) is 0 Å². The third kappa shape index (κ3) is 2.16. The maximum absolute atomic E-state index is 5.41.